The standard InChI is InChI=1S/C17H21N3O3S3/c1-9(24-17-20-19-10(2)25-17)14(21)18-15-13(16(22)23-3)11-7-5-4-6-8-12(11)26-15/h9H,4-8H2,1-3H3,(H,18,21). The molecule has 1 unspecified atom stereocenters. The molecule has 0 fully saturated rings. The van der Waals surface area contributed by atoms with E-state index >= 15 is 0 Å². The molecule has 0 saturated heterocycles. The van der Waals surface area contributed by atoms with Gasteiger partial charge in [-0.15, -0.1) is 21.5 Å². The monoisotopic (exact) mass is 411 g/mol. The van der Waals surface area contributed by atoms with Crippen LogP contribution < -0.4 is 5.32 Å². The van der Waals surface area contributed by atoms with E-state index in [1.807, 2.05) is 13.8 Å². The molecule has 2 aromatic heterocycles. The highest BCUT2D eigenvalue weighted by molar-refractivity contribution is 8.02. The second-order valence-electron chi connectivity index (χ2n) is 6.10. The molecular weight excluding hydrogens is 390 g/mol. The van der Waals surface area contributed by atoms with Gasteiger partial charge < -0.3 is 10.1 Å². The molecule has 0 saturated carbocycles. The number of esters is 1. The predicted octanol–water partition coefficient (Wildman–Crippen LogP) is 4.08. The van der Waals surface area contributed by atoms with Gasteiger partial charge in [-0.05, 0) is 45.1 Å². The second-order valence-corrected chi connectivity index (χ2v) is 9.97. The number of amides is 1. The molecule has 0 radical (unpaired) electrons. The maximum Gasteiger partial charge on any atom is 0.341 e. The first-order valence-electron chi connectivity index (χ1n) is 8.50. The van der Waals surface area contributed by atoms with Crippen molar-refractivity contribution >= 4 is 51.3 Å². The molecule has 26 heavy (non-hydrogen) atoms. The zero-order chi connectivity index (χ0) is 18.7. The van der Waals surface area contributed by atoms with Crippen LogP contribution in [0.2, 0.25) is 0 Å². The van der Waals surface area contributed by atoms with Crippen molar-refractivity contribution in [3.8, 4) is 0 Å². The van der Waals surface area contributed by atoms with Crippen LogP contribution in [-0.2, 0) is 22.4 Å². The molecule has 2 aromatic rings. The number of aromatic nitrogens is 2. The molecule has 6 nitrogen and oxygen atoms in total. The van der Waals surface area contributed by atoms with Crippen LogP contribution in [0, 0.1) is 6.92 Å². The van der Waals surface area contributed by atoms with E-state index < -0.39 is 0 Å². The highest BCUT2D eigenvalue weighted by Crippen LogP contribution is 2.38. The van der Waals surface area contributed by atoms with Crippen LogP contribution in [0.1, 0.15) is 52.0 Å². The van der Waals surface area contributed by atoms with Crippen LogP contribution >= 0.6 is 34.4 Å². The number of ether oxygens (including phenoxy) is 1. The lowest BCUT2D eigenvalue weighted by Gasteiger charge is -2.11. The van der Waals surface area contributed by atoms with Crippen LogP contribution in [0.4, 0.5) is 5.00 Å². The van der Waals surface area contributed by atoms with Gasteiger partial charge in [0.1, 0.15) is 10.0 Å². The number of aryl methyl sites for hydroxylation is 2. The minimum Gasteiger partial charge on any atom is -0.465 e. The molecular formula is C17H21N3O3S3. The Morgan fingerprint density at radius 2 is 1.96 bits per heavy atom. The number of fused-ring (bicyclic) bond motifs is 1. The average molecular weight is 412 g/mol. The fraction of sp³-hybridized carbons (Fsp3) is 0.529. The highest BCUT2D eigenvalue weighted by atomic mass is 32.2. The van der Waals surface area contributed by atoms with Gasteiger partial charge in [-0.25, -0.2) is 4.79 Å². The molecule has 1 amide bonds. The number of rotatable bonds is 5. The average Bonchev–Trinajstić information content (AvgIpc) is 3.09. The summed E-state index contributed by atoms with van der Waals surface area (Å²) in [6.07, 6.45) is 5.15. The van der Waals surface area contributed by atoms with Gasteiger partial charge in [-0.2, -0.15) is 0 Å². The van der Waals surface area contributed by atoms with Crippen LogP contribution in [0.15, 0.2) is 4.34 Å². The first kappa shape index (κ1) is 19.3. The summed E-state index contributed by atoms with van der Waals surface area (Å²) in [7, 11) is 1.38. The van der Waals surface area contributed by atoms with Crippen molar-refractivity contribution < 1.29 is 14.3 Å². The molecule has 1 aliphatic carbocycles. The normalized spacial score (nSPS) is 15.0. The summed E-state index contributed by atoms with van der Waals surface area (Å²) in [4.78, 5) is 26.2. The number of nitrogens with zero attached hydrogens (tertiary/aromatic N) is 2. The SMILES string of the molecule is COC(=O)c1c(NC(=O)C(C)Sc2nnc(C)s2)sc2c1CCCCC2. The quantitative estimate of drug-likeness (QED) is 0.453. The van der Waals surface area contributed by atoms with E-state index in [2.05, 4.69) is 15.5 Å². The van der Waals surface area contributed by atoms with Crippen LogP contribution in [0.25, 0.3) is 0 Å². The maximum absolute atomic E-state index is 12.6. The molecule has 1 N–H and O–H groups in total. The van der Waals surface area contributed by atoms with Crippen LogP contribution in [0.5, 0.6) is 0 Å². The Morgan fingerprint density at radius 1 is 1.19 bits per heavy atom. The van der Waals surface area contributed by atoms with Crippen LogP contribution in [-0.4, -0.2) is 34.4 Å². The van der Waals surface area contributed by atoms with E-state index in [0.29, 0.717) is 10.6 Å². The lowest BCUT2D eigenvalue weighted by atomic mass is 10.1. The summed E-state index contributed by atoms with van der Waals surface area (Å²) >= 11 is 4.34. The van der Waals surface area contributed by atoms with Gasteiger partial charge in [0.15, 0.2) is 4.34 Å². The summed E-state index contributed by atoms with van der Waals surface area (Å²) in [6.45, 7) is 3.71. The van der Waals surface area contributed by atoms with Crippen molar-refractivity contribution in [2.24, 2.45) is 0 Å². The number of hydrogen-bond donors (Lipinski definition) is 1. The summed E-state index contributed by atoms with van der Waals surface area (Å²) in [5.74, 6) is -0.524. The van der Waals surface area contributed by atoms with Gasteiger partial charge in [-0.3, -0.25) is 4.79 Å². The van der Waals surface area contributed by atoms with E-state index in [0.717, 1.165) is 40.6 Å². The molecule has 140 valence electrons. The summed E-state index contributed by atoms with van der Waals surface area (Å²) in [6, 6.07) is 0. The second kappa shape index (κ2) is 8.49. The van der Waals surface area contributed by atoms with Crippen molar-refractivity contribution in [3.63, 3.8) is 0 Å². The van der Waals surface area contributed by atoms with E-state index in [1.165, 1.54) is 52.8 Å². The fourth-order valence-electron chi connectivity index (χ4n) is 2.89. The summed E-state index contributed by atoms with van der Waals surface area (Å²) in [5, 5.41) is 12.1. The van der Waals surface area contributed by atoms with Crippen molar-refractivity contribution in [2.75, 3.05) is 12.4 Å². The first-order chi connectivity index (χ1) is 12.5. The highest BCUT2D eigenvalue weighted by Gasteiger charge is 2.27. The van der Waals surface area contributed by atoms with E-state index in [1.54, 1.807) is 0 Å². The number of methoxy groups -OCH3 is 1. The molecule has 9 heteroatoms. The molecule has 0 aliphatic heterocycles. The Morgan fingerprint density at radius 3 is 2.65 bits per heavy atom. The molecule has 0 bridgehead atoms. The Balaban J connectivity index is 1.79. The number of thiophene rings is 1. The maximum atomic E-state index is 12.6. The zero-order valence-corrected chi connectivity index (χ0v) is 17.4. The molecule has 0 spiro atoms. The number of hydrogen-bond acceptors (Lipinski definition) is 8. The third-order valence-electron chi connectivity index (χ3n) is 4.20. The summed E-state index contributed by atoms with van der Waals surface area (Å²) in [5.41, 5.74) is 1.58. The van der Waals surface area contributed by atoms with Gasteiger partial charge >= 0.3 is 5.97 Å². The van der Waals surface area contributed by atoms with E-state index in [9.17, 15) is 9.59 Å². The Kier molecular flexibility index (Phi) is 6.31. The van der Waals surface area contributed by atoms with Gasteiger partial charge in [-0.1, -0.05) is 29.5 Å². The van der Waals surface area contributed by atoms with Crippen molar-refractivity contribution in [3.05, 3.63) is 21.0 Å². The smallest absolute Gasteiger partial charge is 0.341 e. The number of nitrogens with one attached hydrogen (secondary N) is 1. The van der Waals surface area contributed by atoms with Crippen molar-refractivity contribution in [2.45, 2.75) is 55.5 Å². The largest absolute Gasteiger partial charge is 0.465 e. The summed E-state index contributed by atoms with van der Waals surface area (Å²) < 4.78 is 5.74. The Labute approximate surface area is 164 Å². The third kappa shape index (κ3) is 4.27. The number of carbonyl (C=O) groups excluding carboxylic acids is 2. The van der Waals surface area contributed by atoms with E-state index in [-0.39, 0.29) is 17.1 Å². The van der Waals surface area contributed by atoms with Crippen molar-refractivity contribution in [1.29, 1.82) is 0 Å². The Hall–Kier alpha value is -1.45. The zero-order valence-electron chi connectivity index (χ0n) is 15.0. The molecule has 2 heterocycles. The van der Waals surface area contributed by atoms with Gasteiger partial charge in [0.25, 0.3) is 0 Å². The first-order valence-corrected chi connectivity index (χ1v) is 11.0. The van der Waals surface area contributed by atoms with Crippen molar-refractivity contribution in [1.82, 2.24) is 10.2 Å². The predicted molar refractivity (Wildman–Crippen MR) is 106 cm³/mol. The minimum absolute atomic E-state index is 0.149. The topological polar surface area (TPSA) is 81.2 Å². The lowest BCUT2D eigenvalue weighted by Crippen LogP contribution is -2.23. The van der Waals surface area contributed by atoms with Crippen LogP contribution in [0.3, 0.4) is 0 Å². The lowest BCUT2D eigenvalue weighted by molar-refractivity contribution is -0.115. The molecule has 1 atom stereocenters. The van der Waals surface area contributed by atoms with Gasteiger partial charge in [0, 0.05) is 4.88 Å². The van der Waals surface area contributed by atoms with Gasteiger partial charge in [0.2, 0.25) is 5.91 Å². The molecule has 0 aromatic carbocycles. The number of anilines is 1. The third-order valence-corrected chi connectivity index (χ3v) is 7.43. The Bertz CT molecular complexity index is 816. The molecule has 1 aliphatic rings. The number of thioether (sulfide) groups is 1. The van der Waals surface area contributed by atoms with Gasteiger partial charge in [0.05, 0.1) is 17.9 Å². The fourth-order valence-corrected chi connectivity index (χ4v) is 6.13. The number of carbonyl (C=O) groups is 2. The minimum atomic E-state index is -0.375. The van der Waals surface area contributed by atoms with E-state index in [4.69, 9.17) is 4.74 Å². The molecule has 3 rings (SSSR count).